The van der Waals surface area contributed by atoms with Crippen LogP contribution in [0, 0.1) is 0 Å². The van der Waals surface area contributed by atoms with Gasteiger partial charge in [-0.3, -0.25) is 9.59 Å². The first-order chi connectivity index (χ1) is 9.47. The van der Waals surface area contributed by atoms with E-state index in [9.17, 15) is 9.59 Å². The molecule has 0 aromatic carbocycles. The number of rotatable bonds is 7. The maximum Gasteiger partial charge on any atom is 0.269 e. The Morgan fingerprint density at radius 3 is 2.85 bits per heavy atom. The minimum Gasteiger partial charge on any atom is -0.372 e. The van der Waals surface area contributed by atoms with Gasteiger partial charge in [0.25, 0.3) is 5.56 Å². The summed E-state index contributed by atoms with van der Waals surface area (Å²) in [5.41, 5.74) is 5.86. The predicted octanol–water partition coefficient (Wildman–Crippen LogP) is -0.447. The highest BCUT2D eigenvalue weighted by Crippen LogP contribution is 2.05. The molecule has 1 heterocycles. The Hall–Kier alpha value is -1.89. The summed E-state index contributed by atoms with van der Waals surface area (Å²) in [5.74, 6) is -0.211. The Labute approximate surface area is 118 Å². The standard InChI is InChI=1S/C13H23N5O2/c1-4-10(2)16-12(19)9-18-13(20)7-11(8-15-18)17(3)6-5-14/h7-8,10H,4-6,9,14H2,1-3H3,(H,16,19). The van der Waals surface area contributed by atoms with E-state index in [4.69, 9.17) is 5.73 Å². The molecule has 1 rings (SSSR count). The molecule has 7 heteroatoms. The van der Waals surface area contributed by atoms with Gasteiger partial charge in [0.1, 0.15) is 6.54 Å². The fourth-order valence-corrected chi connectivity index (χ4v) is 1.63. The molecule has 1 aromatic heterocycles. The lowest BCUT2D eigenvalue weighted by Crippen LogP contribution is -2.38. The smallest absolute Gasteiger partial charge is 0.269 e. The SMILES string of the molecule is CCC(C)NC(=O)Cn1ncc(N(C)CCN)cc1=O. The number of amides is 1. The zero-order valence-corrected chi connectivity index (χ0v) is 12.3. The molecule has 0 saturated heterocycles. The number of likely N-dealkylation sites (N-methyl/N-ethyl adjacent to an activating group) is 1. The van der Waals surface area contributed by atoms with Gasteiger partial charge in [-0.15, -0.1) is 0 Å². The second-order valence-electron chi connectivity index (χ2n) is 4.80. The summed E-state index contributed by atoms with van der Waals surface area (Å²) >= 11 is 0. The fraction of sp³-hybridized carbons (Fsp3) is 0.615. The molecule has 112 valence electrons. The van der Waals surface area contributed by atoms with Crippen molar-refractivity contribution in [2.75, 3.05) is 25.0 Å². The summed E-state index contributed by atoms with van der Waals surface area (Å²) in [6.45, 7) is 4.97. The molecule has 0 radical (unpaired) electrons. The number of anilines is 1. The maximum absolute atomic E-state index is 11.9. The van der Waals surface area contributed by atoms with Gasteiger partial charge in [-0.05, 0) is 13.3 Å². The van der Waals surface area contributed by atoms with Crippen LogP contribution in [-0.4, -0.2) is 41.9 Å². The average Bonchev–Trinajstić information content (AvgIpc) is 2.41. The average molecular weight is 281 g/mol. The lowest BCUT2D eigenvalue weighted by molar-refractivity contribution is -0.122. The van der Waals surface area contributed by atoms with Gasteiger partial charge in [-0.25, -0.2) is 4.68 Å². The van der Waals surface area contributed by atoms with Crippen molar-refractivity contribution in [2.45, 2.75) is 32.9 Å². The molecule has 1 amide bonds. The summed E-state index contributed by atoms with van der Waals surface area (Å²) < 4.78 is 1.15. The van der Waals surface area contributed by atoms with Crippen molar-refractivity contribution < 1.29 is 4.79 Å². The van der Waals surface area contributed by atoms with Crippen LogP contribution in [0.15, 0.2) is 17.1 Å². The van der Waals surface area contributed by atoms with Crippen LogP contribution in [0.25, 0.3) is 0 Å². The van der Waals surface area contributed by atoms with E-state index in [2.05, 4.69) is 10.4 Å². The molecule has 1 aromatic rings. The second kappa shape index (κ2) is 7.64. The highest BCUT2D eigenvalue weighted by Gasteiger charge is 2.09. The van der Waals surface area contributed by atoms with E-state index in [-0.39, 0.29) is 24.1 Å². The zero-order chi connectivity index (χ0) is 15.1. The molecule has 0 aliphatic heterocycles. The maximum atomic E-state index is 11.9. The summed E-state index contributed by atoms with van der Waals surface area (Å²) in [7, 11) is 1.84. The summed E-state index contributed by atoms with van der Waals surface area (Å²) in [6.07, 6.45) is 2.41. The third kappa shape index (κ3) is 4.65. The first kappa shape index (κ1) is 16.2. The van der Waals surface area contributed by atoms with E-state index in [0.717, 1.165) is 11.1 Å². The third-order valence-electron chi connectivity index (χ3n) is 3.07. The Balaban J connectivity index is 2.74. The van der Waals surface area contributed by atoms with E-state index >= 15 is 0 Å². The van der Waals surface area contributed by atoms with Gasteiger partial charge in [0.05, 0.1) is 11.9 Å². The lowest BCUT2D eigenvalue weighted by atomic mass is 10.2. The van der Waals surface area contributed by atoms with Crippen molar-refractivity contribution in [1.82, 2.24) is 15.1 Å². The molecule has 1 unspecified atom stereocenters. The number of carbonyl (C=O) groups is 1. The van der Waals surface area contributed by atoms with Crippen molar-refractivity contribution in [3.8, 4) is 0 Å². The molecule has 1 atom stereocenters. The molecular weight excluding hydrogens is 258 g/mol. The second-order valence-corrected chi connectivity index (χ2v) is 4.80. The minimum atomic E-state index is -0.300. The van der Waals surface area contributed by atoms with Gasteiger partial charge >= 0.3 is 0 Å². The molecular formula is C13H23N5O2. The van der Waals surface area contributed by atoms with E-state index in [1.54, 1.807) is 6.20 Å². The van der Waals surface area contributed by atoms with Gasteiger partial charge < -0.3 is 16.0 Å². The quantitative estimate of drug-likeness (QED) is 0.706. The van der Waals surface area contributed by atoms with Crippen LogP contribution in [0.1, 0.15) is 20.3 Å². The van der Waals surface area contributed by atoms with Gasteiger partial charge in [0.2, 0.25) is 5.91 Å². The van der Waals surface area contributed by atoms with E-state index in [1.165, 1.54) is 6.07 Å². The number of hydrogen-bond donors (Lipinski definition) is 2. The lowest BCUT2D eigenvalue weighted by Gasteiger charge is -2.18. The van der Waals surface area contributed by atoms with E-state index in [1.807, 2.05) is 25.8 Å². The molecule has 3 N–H and O–H groups in total. The monoisotopic (exact) mass is 281 g/mol. The molecule has 20 heavy (non-hydrogen) atoms. The first-order valence-corrected chi connectivity index (χ1v) is 6.75. The molecule has 7 nitrogen and oxygen atoms in total. The third-order valence-corrected chi connectivity index (χ3v) is 3.07. The summed E-state index contributed by atoms with van der Waals surface area (Å²) in [4.78, 5) is 25.5. The number of carbonyl (C=O) groups excluding carboxylic acids is 1. The van der Waals surface area contributed by atoms with Gasteiger partial charge in [-0.1, -0.05) is 6.92 Å². The highest BCUT2D eigenvalue weighted by molar-refractivity contribution is 5.75. The summed E-state index contributed by atoms with van der Waals surface area (Å²) in [6, 6.07) is 1.55. The van der Waals surface area contributed by atoms with Crippen molar-refractivity contribution in [2.24, 2.45) is 5.73 Å². The highest BCUT2D eigenvalue weighted by atomic mass is 16.2. The molecule has 0 aliphatic carbocycles. The van der Waals surface area contributed by atoms with Crippen molar-refractivity contribution in [1.29, 1.82) is 0 Å². The van der Waals surface area contributed by atoms with Crippen LogP contribution >= 0.6 is 0 Å². The van der Waals surface area contributed by atoms with Crippen molar-refractivity contribution >= 4 is 11.6 Å². The Morgan fingerprint density at radius 2 is 2.30 bits per heavy atom. The van der Waals surface area contributed by atoms with Crippen LogP contribution in [-0.2, 0) is 11.3 Å². The molecule has 0 spiro atoms. The van der Waals surface area contributed by atoms with Crippen LogP contribution in [0.3, 0.4) is 0 Å². The molecule has 0 aliphatic rings. The van der Waals surface area contributed by atoms with Gasteiger partial charge in [-0.2, -0.15) is 5.10 Å². The van der Waals surface area contributed by atoms with Crippen LogP contribution in [0.4, 0.5) is 5.69 Å². The normalized spacial score (nSPS) is 12.0. The Bertz CT molecular complexity index is 500. The van der Waals surface area contributed by atoms with Gasteiger partial charge in [0.15, 0.2) is 0 Å². The predicted molar refractivity (Wildman–Crippen MR) is 78.7 cm³/mol. The minimum absolute atomic E-state index is 0.0654. The largest absolute Gasteiger partial charge is 0.372 e. The van der Waals surface area contributed by atoms with Crippen LogP contribution < -0.4 is 21.5 Å². The van der Waals surface area contributed by atoms with E-state index < -0.39 is 0 Å². The van der Waals surface area contributed by atoms with Crippen LogP contribution in [0.2, 0.25) is 0 Å². The fourth-order valence-electron chi connectivity index (χ4n) is 1.63. The topological polar surface area (TPSA) is 93.2 Å². The number of aromatic nitrogens is 2. The summed E-state index contributed by atoms with van der Waals surface area (Å²) in [5, 5.41) is 6.81. The molecule has 0 fully saturated rings. The van der Waals surface area contributed by atoms with E-state index in [0.29, 0.717) is 18.8 Å². The first-order valence-electron chi connectivity index (χ1n) is 6.75. The number of nitrogens with one attached hydrogen (secondary N) is 1. The number of hydrogen-bond acceptors (Lipinski definition) is 5. The Kier molecular flexibility index (Phi) is 6.17. The van der Waals surface area contributed by atoms with Crippen LogP contribution in [0.5, 0.6) is 0 Å². The molecule has 0 saturated carbocycles. The van der Waals surface area contributed by atoms with Gasteiger partial charge in [0, 0.05) is 32.2 Å². The number of nitrogens with two attached hydrogens (primary N) is 1. The van der Waals surface area contributed by atoms with Crippen molar-refractivity contribution in [3.05, 3.63) is 22.6 Å². The zero-order valence-electron chi connectivity index (χ0n) is 12.3. The Morgan fingerprint density at radius 1 is 1.60 bits per heavy atom. The van der Waals surface area contributed by atoms with Crippen molar-refractivity contribution in [3.63, 3.8) is 0 Å². The molecule has 0 bridgehead atoms. The number of nitrogens with zero attached hydrogens (tertiary/aromatic N) is 3.